The molecule has 4 N–H and O–H groups in total. The van der Waals surface area contributed by atoms with E-state index >= 15 is 0 Å². The van der Waals surface area contributed by atoms with Crippen LogP contribution in [0.3, 0.4) is 0 Å². The van der Waals surface area contributed by atoms with E-state index in [-0.39, 0.29) is 11.4 Å². The van der Waals surface area contributed by atoms with Gasteiger partial charge in [0.25, 0.3) is 0 Å². The number of nitriles is 1. The lowest BCUT2D eigenvalue weighted by atomic mass is 10.2. The molecule has 0 heterocycles. The van der Waals surface area contributed by atoms with Crippen molar-refractivity contribution < 1.29 is 24.5 Å². The second-order valence-electron chi connectivity index (χ2n) is 4.18. The van der Waals surface area contributed by atoms with E-state index in [1.54, 1.807) is 0 Å². The Morgan fingerprint density at radius 1 is 1.43 bits per heavy atom. The van der Waals surface area contributed by atoms with Crippen LogP contribution in [0.5, 0.6) is 5.75 Å². The number of anilines is 1. The molecule has 0 aliphatic heterocycles. The maximum Gasteiger partial charge on any atom is 0.328 e. The number of carboxylic acids is 1. The summed E-state index contributed by atoms with van der Waals surface area (Å²) in [6.07, 6.45) is -1.25. The van der Waals surface area contributed by atoms with Gasteiger partial charge in [0.15, 0.2) is 6.04 Å². The molecule has 2 amide bonds. The topological polar surface area (TPSA) is 132 Å². The van der Waals surface area contributed by atoms with Crippen molar-refractivity contribution in [2.75, 3.05) is 12.4 Å². The molecule has 1 rings (SSSR count). The molecule has 0 saturated heterocycles. The van der Waals surface area contributed by atoms with E-state index in [2.05, 4.69) is 10.6 Å². The van der Waals surface area contributed by atoms with Gasteiger partial charge in [-0.1, -0.05) is 0 Å². The third-order valence-electron chi connectivity index (χ3n) is 2.61. The zero-order chi connectivity index (χ0) is 16.0. The summed E-state index contributed by atoms with van der Waals surface area (Å²) in [4.78, 5) is 22.6. The Morgan fingerprint density at radius 2 is 2.10 bits per heavy atom. The van der Waals surface area contributed by atoms with Gasteiger partial charge in [0, 0.05) is 6.07 Å². The fraction of sp³-hybridized carbons (Fsp3) is 0.308. The minimum Gasteiger partial charge on any atom is -0.495 e. The van der Waals surface area contributed by atoms with Gasteiger partial charge >= 0.3 is 12.0 Å². The minimum atomic E-state index is -1.44. The van der Waals surface area contributed by atoms with Gasteiger partial charge in [-0.2, -0.15) is 5.26 Å². The molecule has 112 valence electrons. The van der Waals surface area contributed by atoms with Crippen molar-refractivity contribution in [3.63, 3.8) is 0 Å². The first-order valence-corrected chi connectivity index (χ1v) is 5.95. The molecule has 1 aromatic rings. The molecule has 0 aliphatic carbocycles. The number of nitrogens with zero attached hydrogens (tertiary/aromatic N) is 1. The highest BCUT2D eigenvalue weighted by molar-refractivity contribution is 5.93. The van der Waals surface area contributed by atoms with E-state index in [0.29, 0.717) is 5.56 Å². The lowest BCUT2D eigenvalue weighted by molar-refractivity contribution is -0.141. The van der Waals surface area contributed by atoms with Crippen LogP contribution in [0.4, 0.5) is 10.5 Å². The van der Waals surface area contributed by atoms with Crippen LogP contribution < -0.4 is 15.4 Å². The lowest BCUT2D eigenvalue weighted by Gasteiger charge is -2.18. The molecule has 0 aromatic heterocycles. The van der Waals surface area contributed by atoms with E-state index in [4.69, 9.17) is 15.1 Å². The predicted octanol–water partition coefficient (Wildman–Crippen LogP) is 0.522. The molecule has 21 heavy (non-hydrogen) atoms. The van der Waals surface area contributed by atoms with Crippen molar-refractivity contribution in [2.24, 2.45) is 0 Å². The number of carboxylic acid groups (broad SMARTS) is 1. The van der Waals surface area contributed by atoms with Crippen LogP contribution in [0.25, 0.3) is 0 Å². The number of methoxy groups -OCH3 is 1. The van der Waals surface area contributed by atoms with Crippen molar-refractivity contribution in [3.8, 4) is 11.8 Å². The largest absolute Gasteiger partial charge is 0.495 e. The number of aliphatic carboxylic acids is 1. The fourth-order valence-corrected chi connectivity index (χ4v) is 1.55. The van der Waals surface area contributed by atoms with Crippen LogP contribution in [0.2, 0.25) is 0 Å². The molecule has 0 radical (unpaired) electrons. The van der Waals surface area contributed by atoms with Gasteiger partial charge in [-0.25, -0.2) is 9.59 Å². The number of rotatable bonds is 5. The molecular formula is C13H15N3O5. The number of carbonyl (C=O) groups is 2. The van der Waals surface area contributed by atoms with Gasteiger partial charge in [0.2, 0.25) is 0 Å². The standard InChI is InChI=1S/C13H15N3O5/c1-7(17)11(12(18)19)16-13(20)15-9-4-3-8(6-14)5-10(9)21-2/h3-5,7,11,17H,1-2H3,(H,18,19)(H2,15,16,20)/t7-,11+/m1/s1. The summed E-state index contributed by atoms with van der Waals surface area (Å²) in [5.74, 6) is -1.10. The number of hydrogen-bond acceptors (Lipinski definition) is 5. The summed E-state index contributed by atoms with van der Waals surface area (Å²) in [6, 6.07) is 4.03. The lowest BCUT2D eigenvalue weighted by Crippen LogP contribution is -2.49. The van der Waals surface area contributed by atoms with Crippen LogP contribution in [-0.4, -0.2) is 41.5 Å². The zero-order valence-electron chi connectivity index (χ0n) is 11.5. The average molecular weight is 293 g/mol. The molecular weight excluding hydrogens is 278 g/mol. The van der Waals surface area contributed by atoms with Gasteiger partial charge in [-0.05, 0) is 19.1 Å². The highest BCUT2D eigenvalue weighted by Crippen LogP contribution is 2.25. The smallest absolute Gasteiger partial charge is 0.328 e. The Balaban J connectivity index is 2.84. The number of benzene rings is 1. The van der Waals surface area contributed by atoms with Gasteiger partial charge in [-0.3, -0.25) is 0 Å². The van der Waals surface area contributed by atoms with Crippen LogP contribution in [0.1, 0.15) is 12.5 Å². The van der Waals surface area contributed by atoms with E-state index in [0.717, 1.165) is 0 Å². The highest BCUT2D eigenvalue weighted by Gasteiger charge is 2.25. The Bertz CT molecular complexity index is 580. The molecule has 1 aromatic carbocycles. The number of carbonyl (C=O) groups excluding carboxylic acids is 1. The molecule has 2 atom stereocenters. The zero-order valence-corrected chi connectivity index (χ0v) is 11.5. The monoisotopic (exact) mass is 293 g/mol. The number of nitrogens with one attached hydrogen (secondary N) is 2. The number of aliphatic hydroxyl groups is 1. The summed E-state index contributed by atoms with van der Waals surface area (Å²) in [5.41, 5.74) is 0.619. The second kappa shape index (κ2) is 7.12. The Labute approximate surface area is 121 Å². The highest BCUT2D eigenvalue weighted by atomic mass is 16.5. The molecule has 0 fully saturated rings. The van der Waals surface area contributed by atoms with Gasteiger partial charge < -0.3 is 25.6 Å². The Kier molecular flexibility index (Phi) is 5.51. The first kappa shape index (κ1) is 16.3. The van der Waals surface area contributed by atoms with Gasteiger partial charge in [0.1, 0.15) is 5.75 Å². The molecule has 0 saturated carbocycles. The molecule has 8 heteroatoms. The summed E-state index contributed by atoms with van der Waals surface area (Å²) in [7, 11) is 1.37. The minimum absolute atomic E-state index is 0.258. The fourth-order valence-electron chi connectivity index (χ4n) is 1.55. The third-order valence-corrected chi connectivity index (χ3v) is 2.61. The Morgan fingerprint density at radius 3 is 2.57 bits per heavy atom. The van der Waals surface area contributed by atoms with Crippen LogP contribution in [-0.2, 0) is 4.79 Å². The van der Waals surface area contributed by atoms with Crippen molar-refractivity contribution in [2.45, 2.75) is 19.1 Å². The van der Waals surface area contributed by atoms with Crippen LogP contribution >= 0.6 is 0 Å². The summed E-state index contributed by atoms with van der Waals surface area (Å²) < 4.78 is 5.03. The van der Waals surface area contributed by atoms with E-state index in [1.165, 1.54) is 32.2 Å². The number of urea groups is 1. The Hall–Kier alpha value is -2.79. The van der Waals surface area contributed by atoms with Crippen molar-refractivity contribution in [3.05, 3.63) is 23.8 Å². The van der Waals surface area contributed by atoms with Gasteiger partial charge in [0.05, 0.1) is 30.5 Å². The average Bonchev–Trinajstić information content (AvgIpc) is 2.44. The molecule has 0 bridgehead atoms. The normalized spacial score (nSPS) is 12.7. The first-order valence-electron chi connectivity index (χ1n) is 5.95. The van der Waals surface area contributed by atoms with Crippen molar-refractivity contribution in [1.82, 2.24) is 5.32 Å². The third kappa shape index (κ3) is 4.36. The van der Waals surface area contributed by atoms with Gasteiger partial charge in [-0.15, -0.1) is 0 Å². The number of aliphatic hydroxyl groups excluding tert-OH is 1. The quantitative estimate of drug-likeness (QED) is 0.626. The van der Waals surface area contributed by atoms with E-state index < -0.39 is 24.1 Å². The predicted molar refractivity (Wildman–Crippen MR) is 73.0 cm³/mol. The maximum absolute atomic E-state index is 11.7. The molecule has 0 aliphatic rings. The van der Waals surface area contributed by atoms with E-state index in [1.807, 2.05) is 6.07 Å². The summed E-state index contributed by atoms with van der Waals surface area (Å²) >= 11 is 0. The number of amides is 2. The summed E-state index contributed by atoms with van der Waals surface area (Å²) in [6.45, 7) is 1.25. The second-order valence-corrected chi connectivity index (χ2v) is 4.18. The first-order chi connectivity index (χ1) is 9.88. The number of ether oxygens (including phenoxy) is 1. The van der Waals surface area contributed by atoms with Crippen LogP contribution in [0, 0.1) is 11.3 Å². The SMILES string of the molecule is COc1cc(C#N)ccc1NC(=O)N[C@H](C(=O)O)[C@@H](C)O. The maximum atomic E-state index is 11.7. The van der Waals surface area contributed by atoms with Crippen molar-refractivity contribution >= 4 is 17.7 Å². The molecule has 0 spiro atoms. The number of hydrogen-bond donors (Lipinski definition) is 4. The molecule has 8 nitrogen and oxygen atoms in total. The van der Waals surface area contributed by atoms with E-state index in [9.17, 15) is 14.7 Å². The molecule has 0 unspecified atom stereocenters. The van der Waals surface area contributed by atoms with Crippen molar-refractivity contribution in [1.29, 1.82) is 5.26 Å². The van der Waals surface area contributed by atoms with Crippen LogP contribution in [0.15, 0.2) is 18.2 Å². The summed E-state index contributed by atoms with van der Waals surface area (Å²) in [5, 5.41) is 31.4.